The van der Waals surface area contributed by atoms with Crippen molar-refractivity contribution in [3.05, 3.63) is 76.3 Å². The number of nitrogens with zero attached hydrogens (tertiary/aromatic N) is 1. The molecule has 0 spiro atoms. The van der Waals surface area contributed by atoms with Gasteiger partial charge in [-0.25, -0.2) is 4.79 Å². The lowest BCUT2D eigenvalue weighted by atomic mass is 9.76. The number of nitrogens with one attached hydrogen (secondary N) is 2. The van der Waals surface area contributed by atoms with Crippen LogP contribution in [0.25, 0.3) is 0 Å². The van der Waals surface area contributed by atoms with Gasteiger partial charge in [-0.1, -0.05) is 90.4 Å². The fourth-order valence-corrected chi connectivity index (χ4v) is 5.14. The van der Waals surface area contributed by atoms with E-state index in [1.54, 1.807) is 20.2 Å². The van der Waals surface area contributed by atoms with Crippen molar-refractivity contribution >= 4 is 29.4 Å². The molecule has 2 aromatic rings. The number of amides is 2. The van der Waals surface area contributed by atoms with Crippen molar-refractivity contribution in [1.82, 2.24) is 15.5 Å². The van der Waals surface area contributed by atoms with Gasteiger partial charge in [-0.3, -0.25) is 9.59 Å². The molecular weight excluding hydrogens is 566 g/mol. The van der Waals surface area contributed by atoms with Gasteiger partial charge in [0.15, 0.2) is 0 Å². The molecule has 3 atom stereocenters. The number of benzene rings is 2. The number of carboxylic acids is 1. The molecule has 2 aromatic carbocycles. The summed E-state index contributed by atoms with van der Waals surface area (Å²) in [5.74, 6) is -0.971. The van der Waals surface area contributed by atoms with Gasteiger partial charge < -0.3 is 25.4 Å². The van der Waals surface area contributed by atoms with Crippen LogP contribution in [0.2, 0.25) is 5.02 Å². The van der Waals surface area contributed by atoms with Crippen molar-refractivity contribution in [1.29, 1.82) is 0 Å². The summed E-state index contributed by atoms with van der Waals surface area (Å²) >= 11 is 5.96. The lowest BCUT2D eigenvalue weighted by molar-refractivity contribution is -0.141. The number of rotatable bonds is 13. The molecule has 8 nitrogen and oxygen atoms in total. The quantitative estimate of drug-likeness (QED) is 0.245. The van der Waals surface area contributed by atoms with Gasteiger partial charge >= 0.3 is 5.97 Å². The van der Waals surface area contributed by atoms with Gasteiger partial charge in [0.05, 0.1) is 12.1 Å². The molecule has 2 amide bonds. The monoisotopic (exact) mass is 613 g/mol. The Balaban J connectivity index is 2.25. The van der Waals surface area contributed by atoms with E-state index in [9.17, 15) is 19.5 Å². The zero-order valence-electron chi connectivity index (χ0n) is 27.1. The Labute approximate surface area is 261 Å². The Kier molecular flexibility index (Phi) is 12.4. The molecule has 0 saturated carbocycles. The summed E-state index contributed by atoms with van der Waals surface area (Å²) in [5.41, 5.74) is 0.827. The highest BCUT2D eigenvalue weighted by Gasteiger charge is 2.41. The number of carbonyl (C=O) groups is 3. The van der Waals surface area contributed by atoms with Gasteiger partial charge in [-0.2, -0.15) is 0 Å². The first kappa shape index (κ1) is 35.8. The topological polar surface area (TPSA) is 108 Å². The van der Waals surface area contributed by atoms with E-state index >= 15 is 0 Å². The van der Waals surface area contributed by atoms with Crippen LogP contribution in [0.1, 0.15) is 66.5 Å². The lowest BCUT2D eigenvalue weighted by Crippen LogP contribution is -2.61. The van der Waals surface area contributed by atoms with Crippen molar-refractivity contribution in [2.45, 2.75) is 85.5 Å². The maximum absolute atomic E-state index is 13.9. The molecular formula is C34H48ClN3O5. The van der Waals surface area contributed by atoms with Gasteiger partial charge in [0, 0.05) is 23.1 Å². The molecule has 236 valence electrons. The maximum Gasteiger partial charge on any atom is 0.331 e. The maximum atomic E-state index is 13.9. The second-order valence-corrected chi connectivity index (χ2v) is 13.5. The third kappa shape index (κ3) is 9.57. The minimum Gasteiger partial charge on any atom is -0.489 e. The second kappa shape index (κ2) is 14.9. The Bertz CT molecular complexity index is 1280. The molecule has 9 heteroatoms. The number of carboxylic acid groups (broad SMARTS) is 1. The molecule has 0 fully saturated rings. The molecule has 0 saturated heterocycles. The summed E-state index contributed by atoms with van der Waals surface area (Å²) in [6, 6.07) is 13.2. The molecule has 0 bridgehead atoms. The SMILES string of the molecule is CN[C@H](C(=O)N[C@H](C(=O)N(C)[C@H](C=C(C)C(=O)O)C(C)C)C(C)(C)C)C(C)(C)c1ccc(OCc2ccc(Cl)cc2)cc1. The summed E-state index contributed by atoms with van der Waals surface area (Å²) in [4.78, 5) is 40.7. The van der Waals surface area contributed by atoms with Crippen molar-refractivity contribution in [2.24, 2.45) is 11.3 Å². The van der Waals surface area contributed by atoms with Crippen LogP contribution in [0.15, 0.2) is 60.2 Å². The van der Waals surface area contributed by atoms with Crippen molar-refractivity contribution < 1.29 is 24.2 Å². The smallest absolute Gasteiger partial charge is 0.331 e. The van der Waals surface area contributed by atoms with Gasteiger partial charge in [0.25, 0.3) is 0 Å². The van der Waals surface area contributed by atoms with Crippen molar-refractivity contribution in [3.63, 3.8) is 0 Å². The Morgan fingerprint density at radius 1 is 0.977 bits per heavy atom. The Hall–Kier alpha value is -3.36. The Morgan fingerprint density at radius 3 is 2.00 bits per heavy atom. The summed E-state index contributed by atoms with van der Waals surface area (Å²) in [5, 5.41) is 16.3. The molecule has 0 heterocycles. The van der Waals surface area contributed by atoms with Crippen molar-refractivity contribution in [3.8, 4) is 5.75 Å². The average molecular weight is 614 g/mol. The fraction of sp³-hybridized carbons (Fsp3) is 0.500. The largest absolute Gasteiger partial charge is 0.489 e. The number of carbonyl (C=O) groups excluding carboxylic acids is 2. The van der Waals surface area contributed by atoms with E-state index < -0.39 is 34.9 Å². The standard InChI is InChI=1S/C34H48ClN3O5/c1-21(2)27(19-22(3)32(41)42)38(10)31(40)29(33(4,5)6)37-30(39)28(36-9)34(7,8)24-13-17-26(18-14-24)43-20-23-11-15-25(35)16-12-23/h11-19,21,27-29,36H,20H2,1-10H3,(H,37,39)(H,41,42)/t27-,28-,29-/m1/s1. The first-order chi connectivity index (χ1) is 19.9. The zero-order valence-corrected chi connectivity index (χ0v) is 27.9. The fourth-order valence-electron chi connectivity index (χ4n) is 5.02. The van der Waals surface area contributed by atoms with Crippen LogP contribution in [0.4, 0.5) is 0 Å². The highest BCUT2D eigenvalue weighted by molar-refractivity contribution is 6.30. The summed E-state index contributed by atoms with van der Waals surface area (Å²) in [6.07, 6.45) is 1.59. The molecule has 2 rings (SSSR count). The first-order valence-corrected chi connectivity index (χ1v) is 14.9. The van der Waals surface area contributed by atoms with E-state index in [0.717, 1.165) is 11.1 Å². The molecule has 0 unspecified atom stereocenters. The van der Waals surface area contributed by atoms with E-state index in [-0.39, 0.29) is 23.3 Å². The van der Waals surface area contributed by atoms with E-state index in [4.69, 9.17) is 16.3 Å². The van der Waals surface area contributed by atoms with Gasteiger partial charge in [-0.15, -0.1) is 0 Å². The predicted molar refractivity (Wildman–Crippen MR) is 172 cm³/mol. The molecule has 0 radical (unpaired) electrons. The van der Waals surface area contributed by atoms with E-state index in [1.165, 1.54) is 11.8 Å². The van der Waals surface area contributed by atoms with Gasteiger partial charge in [0.1, 0.15) is 18.4 Å². The summed E-state index contributed by atoms with van der Waals surface area (Å²) in [7, 11) is 3.38. The number of aliphatic carboxylic acids is 1. The predicted octanol–water partition coefficient (Wildman–Crippen LogP) is 5.83. The van der Waals surface area contributed by atoms with Crippen molar-refractivity contribution in [2.75, 3.05) is 14.1 Å². The minimum absolute atomic E-state index is 0.0401. The number of hydrogen-bond donors (Lipinski definition) is 3. The Morgan fingerprint density at radius 2 is 1.53 bits per heavy atom. The van der Waals surface area contributed by atoms with Crippen LogP contribution >= 0.6 is 11.6 Å². The van der Waals surface area contributed by atoms with Gasteiger partial charge in [0.2, 0.25) is 11.8 Å². The number of hydrogen-bond acceptors (Lipinski definition) is 5. The van der Waals surface area contributed by atoms with E-state index in [0.29, 0.717) is 17.4 Å². The van der Waals surface area contributed by atoms with Crippen LogP contribution < -0.4 is 15.4 Å². The normalized spacial score (nSPS) is 14.6. The molecule has 0 aliphatic heterocycles. The molecule has 0 aliphatic rings. The number of ether oxygens (including phenoxy) is 1. The van der Waals surface area contributed by atoms with Crippen LogP contribution in [0.5, 0.6) is 5.75 Å². The molecule has 3 N–H and O–H groups in total. The second-order valence-electron chi connectivity index (χ2n) is 13.0. The first-order valence-electron chi connectivity index (χ1n) is 14.5. The minimum atomic E-state index is -1.03. The third-order valence-electron chi connectivity index (χ3n) is 7.83. The summed E-state index contributed by atoms with van der Waals surface area (Å²) in [6.45, 7) is 15.4. The summed E-state index contributed by atoms with van der Waals surface area (Å²) < 4.78 is 5.93. The van der Waals surface area contributed by atoms with Gasteiger partial charge in [-0.05, 0) is 60.7 Å². The van der Waals surface area contributed by atoms with Crippen LogP contribution in [0.3, 0.4) is 0 Å². The average Bonchev–Trinajstić information content (AvgIpc) is 2.93. The third-order valence-corrected chi connectivity index (χ3v) is 8.08. The van der Waals surface area contributed by atoms with Crippen LogP contribution in [0, 0.1) is 11.3 Å². The van der Waals surface area contributed by atoms with Crippen LogP contribution in [-0.2, 0) is 26.4 Å². The highest BCUT2D eigenvalue weighted by Crippen LogP contribution is 2.30. The highest BCUT2D eigenvalue weighted by atomic mass is 35.5. The molecule has 43 heavy (non-hydrogen) atoms. The lowest BCUT2D eigenvalue weighted by Gasteiger charge is -2.40. The number of halogens is 1. The van der Waals surface area contributed by atoms with E-state index in [2.05, 4.69) is 10.6 Å². The zero-order chi connectivity index (χ0) is 32.7. The molecule has 0 aromatic heterocycles. The van der Waals surface area contributed by atoms with Crippen LogP contribution in [-0.4, -0.2) is 60.0 Å². The number of likely N-dealkylation sites (N-methyl/N-ethyl adjacent to an activating group) is 2. The molecule has 0 aliphatic carbocycles. The van der Waals surface area contributed by atoms with E-state index in [1.807, 2.05) is 97.0 Å².